The summed E-state index contributed by atoms with van der Waals surface area (Å²) in [7, 11) is 0. The van der Waals surface area contributed by atoms with Gasteiger partial charge in [-0.1, -0.05) is 35.9 Å². The molecule has 4 amide bonds. The van der Waals surface area contributed by atoms with Crippen LogP contribution in [-0.2, 0) is 23.3 Å². The Labute approximate surface area is 157 Å². The number of fused-ring (bicyclic) bond motifs is 1. The highest BCUT2D eigenvalue weighted by molar-refractivity contribution is 6.07. The van der Waals surface area contributed by atoms with Crippen molar-refractivity contribution >= 4 is 17.8 Å². The van der Waals surface area contributed by atoms with Gasteiger partial charge in [-0.05, 0) is 49.1 Å². The van der Waals surface area contributed by atoms with Gasteiger partial charge in [0.1, 0.15) is 5.54 Å². The average molecular weight is 363 g/mol. The number of amides is 4. The lowest BCUT2D eigenvalue weighted by Gasteiger charge is -2.30. The van der Waals surface area contributed by atoms with Crippen LogP contribution in [0, 0.1) is 6.92 Å². The maximum Gasteiger partial charge on any atom is 0.322 e. The zero-order chi connectivity index (χ0) is 19.2. The van der Waals surface area contributed by atoms with Crippen molar-refractivity contribution in [2.45, 2.75) is 32.4 Å². The minimum absolute atomic E-state index is 0.0719. The van der Waals surface area contributed by atoms with E-state index in [1.165, 1.54) is 16.7 Å². The SMILES string of the molecule is Cc1ccc2c(c1)CN(C(=O)c1cccc(C3(C)NC(=O)NC3=O)c1)CC2. The Kier molecular flexibility index (Phi) is 3.98. The molecule has 2 aliphatic rings. The van der Waals surface area contributed by atoms with Crippen molar-refractivity contribution in [3.05, 3.63) is 70.3 Å². The highest BCUT2D eigenvalue weighted by atomic mass is 16.2. The van der Waals surface area contributed by atoms with Crippen LogP contribution < -0.4 is 10.6 Å². The summed E-state index contributed by atoms with van der Waals surface area (Å²) in [5, 5.41) is 4.89. The molecule has 2 heterocycles. The lowest BCUT2D eigenvalue weighted by Crippen LogP contribution is -2.41. The lowest BCUT2D eigenvalue weighted by atomic mass is 9.90. The van der Waals surface area contributed by atoms with Gasteiger partial charge in [-0.3, -0.25) is 14.9 Å². The van der Waals surface area contributed by atoms with Gasteiger partial charge in [0.2, 0.25) is 0 Å². The second kappa shape index (κ2) is 6.23. The van der Waals surface area contributed by atoms with Crippen molar-refractivity contribution in [1.29, 1.82) is 0 Å². The van der Waals surface area contributed by atoms with Crippen LogP contribution in [0.25, 0.3) is 0 Å². The van der Waals surface area contributed by atoms with Crippen LogP contribution in [0.5, 0.6) is 0 Å². The largest absolute Gasteiger partial charge is 0.334 e. The Morgan fingerprint density at radius 3 is 2.67 bits per heavy atom. The van der Waals surface area contributed by atoms with Crippen LogP contribution in [0.2, 0.25) is 0 Å². The molecule has 1 fully saturated rings. The lowest BCUT2D eigenvalue weighted by molar-refractivity contribution is -0.123. The van der Waals surface area contributed by atoms with Crippen LogP contribution in [0.1, 0.15) is 39.5 Å². The molecular formula is C21H21N3O3. The highest BCUT2D eigenvalue weighted by Gasteiger charge is 2.43. The summed E-state index contributed by atoms with van der Waals surface area (Å²) in [5.74, 6) is -0.489. The number of aryl methyl sites for hydroxylation is 1. The third kappa shape index (κ3) is 2.97. The molecule has 27 heavy (non-hydrogen) atoms. The summed E-state index contributed by atoms with van der Waals surface area (Å²) >= 11 is 0. The minimum atomic E-state index is -1.17. The third-order valence-electron chi connectivity index (χ3n) is 5.39. The summed E-state index contributed by atoms with van der Waals surface area (Å²) < 4.78 is 0. The number of urea groups is 1. The van der Waals surface area contributed by atoms with Gasteiger partial charge >= 0.3 is 6.03 Å². The number of imide groups is 1. The molecule has 0 spiro atoms. The average Bonchev–Trinajstić information content (AvgIpc) is 2.93. The van der Waals surface area contributed by atoms with E-state index in [-0.39, 0.29) is 5.91 Å². The summed E-state index contributed by atoms with van der Waals surface area (Å²) in [5.41, 5.74) is 3.58. The van der Waals surface area contributed by atoms with Crippen molar-refractivity contribution < 1.29 is 14.4 Å². The fraction of sp³-hybridized carbons (Fsp3) is 0.286. The molecule has 4 rings (SSSR count). The van der Waals surface area contributed by atoms with Gasteiger partial charge in [0.15, 0.2) is 0 Å². The van der Waals surface area contributed by atoms with Crippen molar-refractivity contribution in [3.63, 3.8) is 0 Å². The fourth-order valence-corrected chi connectivity index (χ4v) is 3.75. The molecular weight excluding hydrogens is 342 g/mol. The first-order chi connectivity index (χ1) is 12.9. The Hall–Kier alpha value is -3.15. The Bertz CT molecular complexity index is 969. The van der Waals surface area contributed by atoms with Gasteiger partial charge in [0, 0.05) is 18.7 Å². The maximum atomic E-state index is 13.0. The summed E-state index contributed by atoms with van der Waals surface area (Å²) in [6, 6.07) is 12.8. The standard InChI is InChI=1S/C21H21N3O3/c1-13-6-7-14-8-9-24(12-16(14)10-13)18(25)15-4-3-5-17(11-15)21(2)19(26)22-20(27)23-21/h3-7,10-11H,8-9,12H2,1-2H3,(H2,22,23,26,27). The summed E-state index contributed by atoms with van der Waals surface area (Å²) in [6.45, 7) is 4.92. The fourth-order valence-electron chi connectivity index (χ4n) is 3.75. The first-order valence-corrected chi connectivity index (χ1v) is 8.98. The molecule has 6 nitrogen and oxygen atoms in total. The van der Waals surface area contributed by atoms with E-state index < -0.39 is 17.5 Å². The molecule has 0 aliphatic carbocycles. The molecule has 0 aromatic heterocycles. The van der Waals surface area contributed by atoms with Gasteiger partial charge in [0.25, 0.3) is 11.8 Å². The number of rotatable bonds is 2. The normalized spacial score (nSPS) is 21.5. The van der Waals surface area contributed by atoms with Gasteiger partial charge in [-0.25, -0.2) is 4.79 Å². The van der Waals surface area contributed by atoms with Crippen LogP contribution in [0.4, 0.5) is 4.79 Å². The van der Waals surface area contributed by atoms with Gasteiger partial charge < -0.3 is 10.2 Å². The number of benzene rings is 2. The van der Waals surface area contributed by atoms with E-state index in [2.05, 4.69) is 28.8 Å². The van der Waals surface area contributed by atoms with E-state index in [1.54, 1.807) is 31.2 Å². The van der Waals surface area contributed by atoms with E-state index in [0.717, 1.165) is 6.42 Å². The molecule has 0 bridgehead atoms. The second-order valence-electron chi connectivity index (χ2n) is 7.36. The number of nitrogens with one attached hydrogen (secondary N) is 2. The molecule has 0 saturated carbocycles. The molecule has 2 N–H and O–H groups in total. The molecule has 2 aromatic carbocycles. The number of carbonyl (C=O) groups excluding carboxylic acids is 3. The molecule has 1 saturated heterocycles. The van der Waals surface area contributed by atoms with Crippen molar-refractivity contribution in [3.8, 4) is 0 Å². The molecule has 138 valence electrons. The van der Waals surface area contributed by atoms with E-state index in [0.29, 0.717) is 24.2 Å². The number of hydrogen-bond donors (Lipinski definition) is 2. The predicted molar refractivity (Wildman–Crippen MR) is 100 cm³/mol. The molecule has 1 unspecified atom stereocenters. The number of nitrogens with zero attached hydrogens (tertiary/aromatic N) is 1. The highest BCUT2D eigenvalue weighted by Crippen LogP contribution is 2.27. The first-order valence-electron chi connectivity index (χ1n) is 8.98. The van der Waals surface area contributed by atoms with Crippen molar-refractivity contribution in [2.24, 2.45) is 0 Å². The van der Waals surface area contributed by atoms with E-state index in [9.17, 15) is 14.4 Å². The number of hydrogen-bond acceptors (Lipinski definition) is 3. The Morgan fingerprint density at radius 2 is 1.93 bits per heavy atom. The van der Waals surface area contributed by atoms with Crippen molar-refractivity contribution in [1.82, 2.24) is 15.5 Å². The molecule has 6 heteroatoms. The summed E-state index contributed by atoms with van der Waals surface area (Å²) in [4.78, 5) is 38.6. The zero-order valence-electron chi connectivity index (χ0n) is 15.3. The smallest absolute Gasteiger partial charge is 0.322 e. The van der Waals surface area contributed by atoms with E-state index in [1.807, 2.05) is 11.8 Å². The molecule has 1 atom stereocenters. The predicted octanol–water partition coefficient (Wildman–Crippen LogP) is 2.25. The van der Waals surface area contributed by atoms with E-state index in [4.69, 9.17) is 0 Å². The number of carbonyl (C=O) groups is 3. The quantitative estimate of drug-likeness (QED) is 0.804. The van der Waals surface area contributed by atoms with Gasteiger partial charge in [0.05, 0.1) is 0 Å². The third-order valence-corrected chi connectivity index (χ3v) is 5.39. The molecule has 0 radical (unpaired) electrons. The van der Waals surface area contributed by atoms with Crippen LogP contribution in [0.15, 0.2) is 42.5 Å². The maximum absolute atomic E-state index is 13.0. The first kappa shape index (κ1) is 17.3. The Balaban J connectivity index is 1.60. The topological polar surface area (TPSA) is 78.5 Å². The summed E-state index contributed by atoms with van der Waals surface area (Å²) in [6.07, 6.45) is 0.831. The molecule has 2 aromatic rings. The zero-order valence-corrected chi connectivity index (χ0v) is 15.3. The molecule has 2 aliphatic heterocycles. The minimum Gasteiger partial charge on any atom is -0.334 e. The van der Waals surface area contributed by atoms with Crippen LogP contribution in [0.3, 0.4) is 0 Å². The second-order valence-corrected chi connectivity index (χ2v) is 7.36. The van der Waals surface area contributed by atoms with Gasteiger partial charge in [-0.2, -0.15) is 0 Å². The van der Waals surface area contributed by atoms with Crippen LogP contribution in [-0.4, -0.2) is 29.3 Å². The van der Waals surface area contributed by atoms with Crippen molar-refractivity contribution in [2.75, 3.05) is 6.54 Å². The van der Waals surface area contributed by atoms with Crippen LogP contribution >= 0.6 is 0 Å². The van der Waals surface area contributed by atoms with E-state index >= 15 is 0 Å². The van der Waals surface area contributed by atoms with Gasteiger partial charge in [-0.15, -0.1) is 0 Å². The Morgan fingerprint density at radius 1 is 1.11 bits per heavy atom. The monoisotopic (exact) mass is 363 g/mol.